The lowest BCUT2D eigenvalue weighted by atomic mass is 9.69. The lowest BCUT2D eigenvalue weighted by Gasteiger charge is -2.50. The standard InChI is InChI=1S/C28H34ClFN2O.C4H7NO3/c1-19-5-7-20(8-6-19)13-16-32-26(33)18-25(23-17-22(29)9-10-24(23)30)31-28(32)14-11-21(12-15-28)27(2,3)4;6-3-5-2-1-4(7)8/h5-10,17,21H,11-16,18H2,1-4H3;3H,1-2H2,(H,5,6)(H,7,8). The Bertz CT molecular complexity index is 1250. The number of aliphatic carboxylic acids is 1. The molecule has 9 heteroatoms. The fourth-order valence-corrected chi connectivity index (χ4v) is 5.76. The summed E-state index contributed by atoms with van der Waals surface area (Å²) in [5, 5.41) is 10.7. The molecule has 0 unspecified atom stereocenters. The Morgan fingerprint density at radius 3 is 2.44 bits per heavy atom. The first kappa shape index (κ1) is 32.3. The Hall–Kier alpha value is -3.26. The topological polar surface area (TPSA) is 99.1 Å². The summed E-state index contributed by atoms with van der Waals surface area (Å²) in [7, 11) is 0. The number of benzene rings is 2. The number of hydrogen-bond acceptors (Lipinski definition) is 4. The van der Waals surface area contributed by atoms with Gasteiger partial charge in [-0.05, 0) is 74.1 Å². The highest BCUT2D eigenvalue weighted by molar-refractivity contribution is 6.31. The molecule has 1 heterocycles. The van der Waals surface area contributed by atoms with Crippen LogP contribution in [0.25, 0.3) is 0 Å². The molecule has 0 atom stereocenters. The molecule has 1 aliphatic heterocycles. The molecule has 0 aromatic heterocycles. The number of carbonyl (C=O) groups excluding carboxylic acids is 2. The fourth-order valence-electron chi connectivity index (χ4n) is 5.59. The van der Waals surface area contributed by atoms with E-state index >= 15 is 0 Å². The van der Waals surface area contributed by atoms with Gasteiger partial charge in [0.1, 0.15) is 11.5 Å². The zero-order valence-corrected chi connectivity index (χ0v) is 25.1. The Labute approximate surface area is 247 Å². The number of carboxylic acids is 1. The zero-order chi connectivity index (χ0) is 30.2. The third-order valence-electron chi connectivity index (χ3n) is 8.03. The molecular weight excluding hydrogens is 545 g/mol. The molecular formula is C32H41ClFN3O4. The molecule has 4 rings (SSSR count). The minimum absolute atomic E-state index is 0.0151. The van der Waals surface area contributed by atoms with E-state index in [1.54, 1.807) is 6.07 Å². The van der Waals surface area contributed by atoms with Gasteiger partial charge in [-0.2, -0.15) is 0 Å². The van der Waals surface area contributed by atoms with Crippen molar-refractivity contribution in [3.05, 3.63) is 70.0 Å². The number of aryl methyl sites for hydroxylation is 1. The highest BCUT2D eigenvalue weighted by atomic mass is 35.5. The SMILES string of the molecule is Cc1ccc(CCN2C(=O)CC(c3cc(Cl)ccc3F)=NC23CCC(C(C)(C)C)CC3)cc1.O=CNCCC(=O)O. The Balaban J connectivity index is 0.000000507. The first-order valence-electron chi connectivity index (χ1n) is 14.1. The van der Waals surface area contributed by atoms with Crippen LogP contribution < -0.4 is 5.32 Å². The lowest BCUT2D eigenvalue weighted by Crippen LogP contribution is -2.57. The van der Waals surface area contributed by atoms with Gasteiger partial charge in [0, 0.05) is 23.7 Å². The number of nitrogens with zero attached hydrogens (tertiary/aromatic N) is 2. The maximum Gasteiger partial charge on any atom is 0.305 e. The summed E-state index contributed by atoms with van der Waals surface area (Å²) in [6.07, 6.45) is 4.98. The smallest absolute Gasteiger partial charge is 0.305 e. The molecule has 41 heavy (non-hydrogen) atoms. The molecule has 7 nitrogen and oxygen atoms in total. The van der Waals surface area contributed by atoms with E-state index in [2.05, 4.69) is 57.3 Å². The molecule has 2 aromatic rings. The minimum Gasteiger partial charge on any atom is -0.481 e. The molecule has 2 N–H and O–H groups in total. The van der Waals surface area contributed by atoms with E-state index in [4.69, 9.17) is 21.7 Å². The zero-order valence-electron chi connectivity index (χ0n) is 24.4. The predicted molar refractivity (Wildman–Crippen MR) is 160 cm³/mol. The van der Waals surface area contributed by atoms with Gasteiger partial charge >= 0.3 is 5.97 Å². The van der Waals surface area contributed by atoms with Crippen LogP contribution in [0, 0.1) is 24.1 Å². The second-order valence-electron chi connectivity index (χ2n) is 12.0. The molecule has 1 spiro atoms. The number of amides is 2. The van der Waals surface area contributed by atoms with Crippen LogP contribution in [0.15, 0.2) is 47.5 Å². The monoisotopic (exact) mass is 585 g/mol. The summed E-state index contributed by atoms with van der Waals surface area (Å²) in [5.41, 5.74) is 2.93. The van der Waals surface area contributed by atoms with E-state index in [1.165, 1.54) is 23.3 Å². The van der Waals surface area contributed by atoms with Gasteiger partial charge in [0.25, 0.3) is 0 Å². The van der Waals surface area contributed by atoms with E-state index in [9.17, 15) is 18.8 Å². The second-order valence-corrected chi connectivity index (χ2v) is 12.4. The van der Waals surface area contributed by atoms with Crippen LogP contribution in [0.1, 0.15) is 76.0 Å². The van der Waals surface area contributed by atoms with Crippen molar-refractivity contribution in [3.63, 3.8) is 0 Å². The van der Waals surface area contributed by atoms with Gasteiger partial charge in [-0.3, -0.25) is 19.4 Å². The third kappa shape index (κ3) is 8.86. The van der Waals surface area contributed by atoms with Crippen molar-refractivity contribution in [3.8, 4) is 0 Å². The molecule has 1 aliphatic carbocycles. The summed E-state index contributed by atoms with van der Waals surface area (Å²) in [4.78, 5) is 39.8. The Morgan fingerprint density at radius 1 is 1.20 bits per heavy atom. The molecule has 222 valence electrons. The van der Waals surface area contributed by atoms with E-state index in [-0.39, 0.29) is 36.5 Å². The number of carbonyl (C=O) groups is 3. The highest BCUT2D eigenvalue weighted by Gasteiger charge is 2.47. The lowest BCUT2D eigenvalue weighted by molar-refractivity contribution is -0.140. The maximum absolute atomic E-state index is 14.7. The van der Waals surface area contributed by atoms with Crippen molar-refractivity contribution in [2.45, 2.75) is 78.3 Å². The summed E-state index contributed by atoms with van der Waals surface area (Å²) in [6, 6.07) is 13.0. The number of carboxylic acid groups (broad SMARTS) is 1. The molecule has 1 saturated carbocycles. The van der Waals surface area contributed by atoms with Crippen molar-refractivity contribution >= 4 is 35.6 Å². The van der Waals surface area contributed by atoms with Gasteiger partial charge < -0.3 is 15.3 Å². The summed E-state index contributed by atoms with van der Waals surface area (Å²) >= 11 is 6.16. The van der Waals surface area contributed by atoms with Crippen LogP contribution in [-0.4, -0.2) is 52.8 Å². The highest BCUT2D eigenvalue weighted by Crippen LogP contribution is 2.46. The Kier molecular flexibility index (Phi) is 11.1. The van der Waals surface area contributed by atoms with E-state index < -0.39 is 11.6 Å². The molecule has 2 aromatic carbocycles. The minimum atomic E-state index is -0.903. The summed E-state index contributed by atoms with van der Waals surface area (Å²) in [5.74, 6) is -0.668. The predicted octanol–water partition coefficient (Wildman–Crippen LogP) is 6.19. The second kappa shape index (κ2) is 14.1. The van der Waals surface area contributed by atoms with Crippen molar-refractivity contribution in [2.24, 2.45) is 16.3 Å². The molecule has 1 fully saturated rings. The quantitative estimate of drug-likeness (QED) is 0.285. The van der Waals surface area contributed by atoms with Crippen LogP contribution in [0.4, 0.5) is 4.39 Å². The van der Waals surface area contributed by atoms with Crippen LogP contribution >= 0.6 is 11.6 Å². The van der Waals surface area contributed by atoms with Crippen molar-refractivity contribution in [1.29, 1.82) is 0 Å². The van der Waals surface area contributed by atoms with Gasteiger partial charge in [0.2, 0.25) is 12.3 Å². The number of rotatable bonds is 8. The molecule has 2 aliphatic rings. The summed E-state index contributed by atoms with van der Waals surface area (Å²) in [6.45, 7) is 9.76. The number of nitrogens with one attached hydrogen (secondary N) is 1. The van der Waals surface area contributed by atoms with E-state index in [1.807, 2.05) is 4.90 Å². The van der Waals surface area contributed by atoms with Gasteiger partial charge in [-0.1, -0.05) is 62.2 Å². The van der Waals surface area contributed by atoms with Crippen LogP contribution in [0.5, 0.6) is 0 Å². The van der Waals surface area contributed by atoms with Crippen LogP contribution in [0.3, 0.4) is 0 Å². The maximum atomic E-state index is 14.7. The van der Waals surface area contributed by atoms with Crippen LogP contribution in [0.2, 0.25) is 5.02 Å². The fraction of sp³-hybridized carbons (Fsp3) is 0.500. The number of halogens is 2. The molecule has 0 radical (unpaired) electrons. The molecule has 2 amide bonds. The van der Waals surface area contributed by atoms with Crippen molar-refractivity contribution in [2.75, 3.05) is 13.1 Å². The van der Waals surface area contributed by atoms with E-state index in [0.29, 0.717) is 35.2 Å². The molecule has 0 saturated heterocycles. The molecule has 0 bridgehead atoms. The first-order chi connectivity index (χ1) is 19.3. The number of aliphatic imine (C=N–C) groups is 1. The average Bonchev–Trinajstić information content (AvgIpc) is 2.90. The normalized spacial score (nSPS) is 20.6. The van der Waals surface area contributed by atoms with Gasteiger partial charge in [-0.25, -0.2) is 4.39 Å². The third-order valence-corrected chi connectivity index (χ3v) is 8.26. The first-order valence-corrected chi connectivity index (χ1v) is 14.5. The number of hydrogen-bond donors (Lipinski definition) is 2. The van der Waals surface area contributed by atoms with Gasteiger partial charge in [0.15, 0.2) is 0 Å². The Morgan fingerprint density at radius 2 is 1.85 bits per heavy atom. The van der Waals surface area contributed by atoms with E-state index in [0.717, 1.165) is 32.1 Å². The average molecular weight is 586 g/mol. The van der Waals surface area contributed by atoms with Gasteiger partial charge in [0.05, 0.1) is 18.6 Å². The van der Waals surface area contributed by atoms with Gasteiger partial charge in [-0.15, -0.1) is 0 Å². The summed E-state index contributed by atoms with van der Waals surface area (Å²) < 4.78 is 14.7. The largest absolute Gasteiger partial charge is 0.481 e. The van der Waals surface area contributed by atoms with Crippen molar-refractivity contribution < 1.29 is 23.9 Å². The van der Waals surface area contributed by atoms with Crippen molar-refractivity contribution in [1.82, 2.24) is 10.2 Å². The van der Waals surface area contributed by atoms with Crippen LogP contribution in [-0.2, 0) is 20.8 Å².